The largest absolute Gasteiger partial charge is 0.369 e. The van der Waals surface area contributed by atoms with Crippen LogP contribution in [0.5, 0.6) is 0 Å². The summed E-state index contributed by atoms with van der Waals surface area (Å²) in [5.41, 5.74) is 7.11. The molecule has 0 aromatic heterocycles. The average Bonchev–Trinajstić information content (AvgIpc) is 2.54. The minimum atomic E-state index is 0.143. The van der Waals surface area contributed by atoms with Crippen molar-refractivity contribution >= 4 is 29.2 Å². The van der Waals surface area contributed by atoms with E-state index in [0.717, 1.165) is 22.7 Å². The minimum absolute atomic E-state index is 0.143. The first-order valence-corrected chi connectivity index (χ1v) is 9.25. The summed E-state index contributed by atoms with van der Waals surface area (Å²) in [5.74, 6) is 0.506. The third kappa shape index (κ3) is 3.46. The Labute approximate surface area is 156 Å². The molecule has 0 fully saturated rings. The summed E-state index contributed by atoms with van der Waals surface area (Å²) < 4.78 is 0. The van der Waals surface area contributed by atoms with Crippen LogP contribution in [0.4, 0.5) is 11.4 Å². The lowest BCUT2D eigenvalue weighted by molar-refractivity contribution is 0.395. The van der Waals surface area contributed by atoms with Crippen LogP contribution in [0.15, 0.2) is 35.3 Å². The Morgan fingerprint density at radius 1 is 1.20 bits per heavy atom. The fourth-order valence-corrected chi connectivity index (χ4v) is 3.91. The van der Waals surface area contributed by atoms with Crippen molar-refractivity contribution in [1.29, 1.82) is 0 Å². The smallest absolute Gasteiger partial charge is 0.0661 e. The molecule has 3 rings (SSSR count). The maximum atomic E-state index is 6.59. The fraction of sp³-hybridized carbons (Fsp3) is 0.409. The predicted molar refractivity (Wildman–Crippen MR) is 110 cm³/mol. The third-order valence-corrected chi connectivity index (χ3v) is 5.79. The van der Waals surface area contributed by atoms with Gasteiger partial charge in [0.15, 0.2) is 0 Å². The number of anilines is 1. The molecule has 0 bridgehead atoms. The molecule has 0 radical (unpaired) electrons. The monoisotopic (exact) mass is 354 g/mol. The van der Waals surface area contributed by atoms with E-state index in [1.807, 2.05) is 6.21 Å². The Morgan fingerprint density at radius 3 is 2.64 bits per heavy atom. The van der Waals surface area contributed by atoms with Crippen LogP contribution in [0.25, 0.3) is 0 Å². The number of aryl methyl sites for hydroxylation is 2. The highest BCUT2D eigenvalue weighted by molar-refractivity contribution is 6.33. The fourth-order valence-electron chi connectivity index (χ4n) is 3.70. The minimum Gasteiger partial charge on any atom is -0.369 e. The molecule has 1 unspecified atom stereocenters. The Kier molecular flexibility index (Phi) is 4.68. The summed E-state index contributed by atoms with van der Waals surface area (Å²) in [5, 5.41) is 0.754. The third-order valence-electron chi connectivity index (χ3n) is 5.46. The zero-order valence-corrected chi connectivity index (χ0v) is 16.8. The number of nitrogens with zero attached hydrogens (tertiary/aromatic N) is 2. The first-order chi connectivity index (χ1) is 11.7. The molecule has 2 aromatic carbocycles. The molecular weight excluding hydrogens is 328 g/mol. The van der Waals surface area contributed by atoms with Crippen LogP contribution in [0.2, 0.25) is 5.02 Å². The molecule has 1 aliphatic heterocycles. The van der Waals surface area contributed by atoms with Crippen LogP contribution in [-0.2, 0) is 0 Å². The summed E-state index contributed by atoms with van der Waals surface area (Å²) in [6.45, 7) is 11.0. The molecule has 2 aromatic rings. The number of hydrogen-bond acceptors (Lipinski definition) is 2. The standard InChI is InChI=1S/C22H27ClN2/c1-14-7-8-15(2)20(9-14)24-13-17-10-18-16(3)12-22(4,5)25(6)21(18)11-19(17)23/h7-11,13,16H,12H2,1-6H3. The Bertz CT molecular complexity index is 836. The van der Waals surface area contributed by atoms with Crippen molar-refractivity contribution in [3.8, 4) is 0 Å². The van der Waals surface area contributed by atoms with Crippen LogP contribution in [-0.4, -0.2) is 18.8 Å². The van der Waals surface area contributed by atoms with Gasteiger partial charge < -0.3 is 4.90 Å². The summed E-state index contributed by atoms with van der Waals surface area (Å²) in [4.78, 5) is 7.04. The van der Waals surface area contributed by atoms with Gasteiger partial charge in [0, 0.05) is 30.1 Å². The molecule has 25 heavy (non-hydrogen) atoms. The highest BCUT2D eigenvalue weighted by Crippen LogP contribution is 2.44. The lowest BCUT2D eigenvalue weighted by atomic mass is 9.80. The molecule has 0 saturated carbocycles. The van der Waals surface area contributed by atoms with Crippen molar-refractivity contribution in [3.05, 3.63) is 57.6 Å². The lowest BCUT2D eigenvalue weighted by Gasteiger charge is -2.45. The molecule has 0 aliphatic carbocycles. The van der Waals surface area contributed by atoms with Gasteiger partial charge in [-0.05, 0) is 74.9 Å². The van der Waals surface area contributed by atoms with Gasteiger partial charge in [0.25, 0.3) is 0 Å². The second-order valence-corrected chi connectivity index (χ2v) is 8.36. The number of aliphatic imine (C=N–C) groups is 1. The van der Waals surface area contributed by atoms with Gasteiger partial charge in [-0.2, -0.15) is 0 Å². The van der Waals surface area contributed by atoms with Crippen LogP contribution in [0.1, 0.15) is 55.4 Å². The van der Waals surface area contributed by atoms with Crippen molar-refractivity contribution in [1.82, 2.24) is 0 Å². The van der Waals surface area contributed by atoms with E-state index in [4.69, 9.17) is 16.6 Å². The van der Waals surface area contributed by atoms with Crippen molar-refractivity contribution in [2.75, 3.05) is 11.9 Å². The van der Waals surface area contributed by atoms with Crippen LogP contribution in [0.3, 0.4) is 0 Å². The molecule has 0 amide bonds. The zero-order valence-electron chi connectivity index (χ0n) is 16.0. The summed E-state index contributed by atoms with van der Waals surface area (Å²) >= 11 is 6.59. The maximum Gasteiger partial charge on any atom is 0.0661 e. The first-order valence-electron chi connectivity index (χ1n) is 8.87. The van der Waals surface area contributed by atoms with Gasteiger partial charge in [-0.15, -0.1) is 0 Å². The molecule has 0 saturated heterocycles. The lowest BCUT2D eigenvalue weighted by Crippen LogP contribution is -2.45. The van der Waals surface area contributed by atoms with E-state index in [1.165, 1.54) is 22.4 Å². The van der Waals surface area contributed by atoms with Gasteiger partial charge >= 0.3 is 0 Å². The summed E-state index contributed by atoms with van der Waals surface area (Å²) in [7, 11) is 2.16. The van der Waals surface area contributed by atoms with Crippen molar-refractivity contribution < 1.29 is 0 Å². The van der Waals surface area contributed by atoms with Gasteiger partial charge in [-0.3, -0.25) is 4.99 Å². The quantitative estimate of drug-likeness (QED) is 0.567. The molecule has 132 valence electrons. The molecule has 0 spiro atoms. The van der Waals surface area contributed by atoms with E-state index < -0.39 is 0 Å². The normalized spacial score (nSPS) is 19.3. The molecule has 0 N–H and O–H groups in total. The van der Waals surface area contributed by atoms with E-state index in [2.05, 4.69) is 76.9 Å². The van der Waals surface area contributed by atoms with Gasteiger partial charge in [0.1, 0.15) is 0 Å². The van der Waals surface area contributed by atoms with Gasteiger partial charge in [0.05, 0.1) is 10.7 Å². The summed E-state index contributed by atoms with van der Waals surface area (Å²) in [6, 6.07) is 10.6. The molecule has 1 heterocycles. The van der Waals surface area contributed by atoms with E-state index in [9.17, 15) is 0 Å². The molecule has 3 heteroatoms. The number of fused-ring (bicyclic) bond motifs is 1. The number of rotatable bonds is 2. The van der Waals surface area contributed by atoms with Crippen molar-refractivity contribution in [3.63, 3.8) is 0 Å². The van der Waals surface area contributed by atoms with E-state index >= 15 is 0 Å². The van der Waals surface area contributed by atoms with Gasteiger partial charge in [0.2, 0.25) is 0 Å². The SMILES string of the molecule is Cc1ccc(C)c(N=Cc2cc3c(cc2Cl)N(C)C(C)(C)CC3C)c1. The Morgan fingerprint density at radius 2 is 1.92 bits per heavy atom. The van der Waals surface area contributed by atoms with Gasteiger partial charge in [-0.1, -0.05) is 30.7 Å². The Balaban J connectivity index is 2.01. The number of halogens is 1. The van der Waals surface area contributed by atoms with Crippen molar-refractivity contribution in [2.24, 2.45) is 4.99 Å². The van der Waals surface area contributed by atoms with E-state index in [1.54, 1.807) is 0 Å². The predicted octanol–water partition coefficient (Wildman–Crippen LogP) is 6.43. The highest BCUT2D eigenvalue weighted by atomic mass is 35.5. The van der Waals surface area contributed by atoms with Gasteiger partial charge in [-0.25, -0.2) is 0 Å². The summed E-state index contributed by atoms with van der Waals surface area (Å²) in [6.07, 6.45) is 3.03. The van der Waals surface area contributed by atoms with Crippen LogP contribution < -0.4 is 4.90 Å². The van der Waals surface area contributed by atoms with Crippen LogP contribution in [0, 0.1) is 13.8 Å². The number of hydrogen-bond donors (Lipinski definition) is 0. The highest BCUT2D eigenvalue weighted by Gasteiger charge is 2.34. The van der Waals surface area contributed by atoms with Crippen LogP contribution >= 0.6 is 11.6 Å². The molecule has 1 atom stereocenters. The molecule has 2 nitrogen and oxygen atoms in total. The molecular formula is C22H27ClN2. The topological polar surface area (TPSA) is 15.6 Å². The van der Waals surface area contributed by atoms with E-state index in [-0.39, 0.29) is 5.54 Å². The first kappa shape index (κ1) is 18.0. The molecule has 1 aliphatic rings. The Hall–Kier alpha value is -1.80. The second-order valence-electron chi connectivity index (χ2n) is 7.96. The second kappa shape index (κ2) is 6.49. The maximum absolute atomic E-state index is 6.59. The van der Waals surface area contributed by atoms with E-state index in [0.29, 0.717) is 5.92 Å². The zero-order chi connectivity index (χ0) is 18.4. The van der Waals surface area contributed by atoms with Crippen molar-refractivity contribution in [2.45, 2.75) is 52.5 Å². The average molecular weight is 355 g/mol. The number of benzene rings is 2.